The van der Waals surface area contributed by atoms with Crippen molar-refractivity contribution in [3.63, 3.8) is 0 Å². The highest BCUT2D eigenvalue weighted by atomic mass is 32.1. The van der Waals surface area contributed by atoms with Gasteiger partial charge in [0.15, 0.2) is 0 Å². The smallest absolute Gasteiger partial charge is 0.144 e. The standard InChI is InChI=1S/C20H17N5S/c1-2-11-25(10-1)18-8-5-15(13-22-18)19-24-17-7-6-16(23-20(17)26-19)14-4-3-9-21-12-14/h3-9,12-13H,1-2,10-11H2. The number of rotatable bonds is 3. The molecule has 0 saturated carbocycles. The molecule has 128 valence electrons. The van der Waals surface area contributed by atoms with Crippen LogP contribution in [0.25, 0.3) is 32.2 Å². The third-order valence-electron chi connectivity index (χ3n) is 4.64. The molecule has 6 heteroatoms. The van der Waals surface area contributed by atoms with Gasteiger partial charge in [0, 0.05) is 42.8 Å². The predicted molar refractivity (Wildman–Crippen MR) is 105 cm³/mol. The first-order chi connectivity index (χ1) is 12.9. The van der Waals surface area contributed by atoms with E-state index in [9.17, 15) is 0 Å². The summed E-state index contributed by atoms with van der Waals surface area (Å²) in [4.78, 5) is 21.6. The van der Waals surface area contributed by atoms with E-state index in [1.54, 1.807) is 17.5 Å². The van der Waals surface area contributed by atoms with Crippen LogP contribution in [0.1, 0.15) is 12.8 Å². The molecule has 0 bridgehead atoms. The van der Waals surface area contributed by atoms with Crippen LogP contribution in [0.5, 0.6) is 0 Å². The highest BCUT2D eigenvalue weighted by Crippen LogP contribution is 2.31. The Balaban J connectivity index is 1.47. The van der Waals surface area contributed by atoms with Crippen molar-refractivity contribution in [2.24, 2.45) is 0 Å². The average molecular weight is 359 g/mol. The van der Waals surface area contributed by atoms with Crippen LogP contribution >= 0.6 is 11.3 Å². The summed E-state index contributed by atoms with van der Waals surface area (Å²) in [7, 11) is 0. The lowest BCUT2D eigenvalue weighted by Crippen LogP contribution is -2.18. The van der Waals surface area contributed by atoms with E-state index in [0.29, 0.717) is 0 Å². The number of hydrogen-bond acceptors (Lipinski definition) is 6. The van der Waals surface area contributed by atoms with Gasteiger partial charge in [0.2, 0.25) is 0 Å². The van der Waals surface area contributed by atoms with Crippen LogP contribution in [0.4, 0.5) is 5.82 Å². The van der Waals surface area contributed by atoms with Crippen LogP contribution in [0.15, 0.2) is 55.0 Å². The van der Waals surface area contributed by atoms with E-state index in [0.717, 1.165) is 51.1 Å². The van der Waals surface area contributed by atoms with Crippen LogP contribution in [-0.2, 0) is 0 Å². The lowest BCUT2D eigenvalue weighted by Gasteiger charge is -2.15. The molecule has 5 rings (SSSR count). The Kier molecular flexibility index (Phi) is 3.83. The van der Waals surface area contributed by atoms with Crippen LogP contribution in [0, 0.1) is 0 Å². The maximum atomic E-state index is 4.76. The van der Waals surface area contributed by atoms with Gasteiger partial charge in [-0.25, -0.2) is 15.0 Å². The third kappa shape index (κ3) is 2.82. The largest absolute Gasteiger partial charge is 0.357 e. The maximum absolute atomic E-state index is 4.76. The Morgan fingerprint density at radius 3 is 2.58 bits per heavy atom. The van der Waals surface area contributed by atoms with Gasteiger partial charge in [0.05, 0.1) is 5.69 Å². The van der Waals surface area contributed by atoms with Gasteiger partial charge in [0.1, 0.15) is 21.2 Å². The molecule has 0 unspecified atom stereocenters. The zero-order valence-corrected chi connectivity index (χ0v) is 15.0. The second-order valence-electron chi connectivity index (χ2n) is 6.38. The fourth-order valence-corrected chi connectivity index (χ4v) is 4.19. The van der Waals surface area contributed by atoms with Crippen molar-refractivity contribution >= 4 is 27.5 Å². The fraction of sp³-hybridized carbons (Fsp3) is 0.200. The van der Waals surface area contributed by atoms with Gasteiger partial charge in [-0.1, -0.05) is 11.3 Å². The van der Waals surface area contributed by atoms with Gasteiger partial charge in [-0.15, -0.1) is 0 Å². The average Bonchev–Trinajstić information content (AvgIpc) is 3.38. The minimum absolute atomic E-state index is 0.918. The molecule has 1 saturated heterocycles. The van der Waals surface area contributed by atoms with Crippen LogP contribution < -0.4 is 4.90 Å². The Labute approximate surface area is 155 Å². The van der Waals surface area contributed by atoms with Crippen molar-refractivity contribution in [3.8, 4) is 21.8 Å². The quantitative estimate of drug-likeness (QED) is 0.542. The number of aromatic nitrogens is 4. The molecule has 0 N–H and O–H groups in total. The molecule has 26 heavy (non-hydrogen) atoms. The SMILES string of the molecule is c1cncc(-c2ccc3nc(-c4ccc(N5CCCC5)nc4)sc3n2)c1. The molecule has 1 fully saturated rings. The minimum Gasteiger partial charge on any atom is -0.357 e. The van der Waals surface area contributed by atoms with Gasteiger partial charge in [-0.05, 0) is 49.2 Å². The minimum atomic E-state index is 0.918. The van der Waals surface area contributed by atoms with Gasteiger partial charge >= 0.3 is 0 Å². The normalized spacial score (nSPS) is 14.2. The zero-order chi connectivity index (χ0) is 17.3. The molecule has 0 aliphatic carbocycles. The fourth-order valence-electron chi connectivity index (χ4n) is 3.26. The summed E-state index contributed by atoms with van der Waals surface area (Å²) < 4.78 is 0. The number of nitrogens with zero attached hydrogens (tertiary/aromatic N) is 5. The van der Waals surface area contributed by atoms with Gasteiger partial charge in [-0.2, -0.15) is 0 Å². The first-order valence-electron chi connectivity index (χ1n) is 8.76. The van der Waals surface area contributed by atoms with E-state index in [-0.39, 0.29) is 0 Å². The maximum Gasteiger partial charge on any atom is 0.144 e. The zero-order valence-electron chi connectivity index (χ0n) is 14.2. The Morgan fingerprint density at radius 2 is 1.81 bits per heavy atom. The van der Waals surface area contributed by atoms with Crippen molar-refractivity contribution in [2.75, 3.05) is 18.0 Å². The molecule has 0 spiro atoms. The second-order valence-corrected chi connectivity index (χ2v) is 7.36. The third-order valence-corrected chi connectivity index (χ3v) is 5.65. The van der Waals surface area contributed by atoms with E-state index >= 15 is 0 Å². The molecule has 4 aromatic rings. The molecule has 0 atom stereocenters. The first kappa shape index (κ1) is 15.4. The van der Waals surface area contributed by atoms with Crippen LogP contribution in [0.3, 0.4) is 0 Å². The van der Waals surface area contributed by atoms with Crippen molar-refractivity contribution in [1.82, 2.24) is 19.9 Å². The monoisotopic (exact) mass is 359 g/mol. The highest BCUT2D eigenvalue weighted by Gasteiger charge is 2.14. The molecule has 5 heterocycles. The van der Waals surface area contributed by atoms with E-state index in [1.165, 1.54) is 12.8 Å². The molecule has 1 aliphatic heterocycles. The summed E-state index contributed by atoms with van der Waals surface area (Å²) in [6.07, 6.45) is 8.04. The summed E-state index contributed by atoms with van der Waals surface area (Å²) >= 11 is 1.60. The number of pyridine rings is 3. The summed E-state index contributed by atoms with van der Waals surface area (Å²) in [5, 5.41) is 0.955. The Morgan fingerprint density at radius 1 is 0.885 bits per heavy atom. The Bertz CT molecular complexity index is 1040. The van der Waals surface area contributed by atoms with Gasteiger partial charge in [-0.3, -0.25) is 4.98 Å². The van der Waals surface area contributed by atoms with Crippen LogP contribution in [0.2, 0.25) is 0 Å². The van der Waals surface area contributed by atoms with E-state index in [2.05, 4.69) is 27.0 Å². The number of fused-ring (bicyclic) bond motifs is 1. The summed E-state index contributed by atoms with van der Waals surface area (Å²) in [5.41, 5.74) is 3.89. The number of thiazole rings is 1. The lowest BCUT2D eigenvalue weighted by atomic mass is 10.2. The van der Waals surface area contributed by atoms with Crippen molar-refractivity contribution in [2.45, 2.75) is 12.8 Å². The van der Waals surface area contributed by atoms with Gasteiger partial charge in [0.25, 0.3) is 0 Å². The molecule has 5 nitrogen and oxygen atoms in total. The predicted octanol–water partition coefficient (Wildman–Crippen LogP) is 4.42. The van der Waals surface area contributed by atoms with E-state index in [4.69, 9.17) is 9.97 Å². The first-order valence-corrected chi connectivity index (χ1v) is 9.58. The Hall–Kier alpha value is -2.86. The topological polar surface area (TPSA) is 54.8 Å². The van der Waals surface area contributed by atoms with Crippen molar-refractivity contribution in [3.05, 3.63) is 55.0 Å². The summed E-state index contributed by atoms with van der Waals surface area (Å²) in [6.45, 7) is 2.21. The molecule has 0 aromatic carbocycles. The van der Waals surface area contributed by atoms with Crippen molar-refractivity contribution < 1.29 is 0 Å². The number of anilines is 1. The molecule has 1 aliphatic rings. The molecule has 0 amide bonds. The second kappa shape index (κ2) is 6.46. The van der Waals surface area contributed by atoms with Crippen LogP contribution in [-0.4, -0.2) is 33.0 Å². The van der Waals surface area contributed by atoms with E-state index < -0.39 is 0 Å². The molecular formula is C20H17N5S. The summed E-state index contributed by atoms with van der Waals surface area (Å²) in [6, 6.07) is 12.2. The number of hydrogen-bond donors (Lipinski definition) is 0. The molecular weight excluding hydrogens is 342 g/mol. The lowest BCUT2D eigenvalue weighted by molar-refractivity contribution is 0.938. The van der Waals surface area contributed by atoms with Crippen molar-refractivity contribution in [1.29, 1.82) is 0 Å². The van der Waals surface area contributed by atoms with Gasteiger partial charge < -0.3 is 4.90 Å². The van der Waals surface area contributed by atoms with E-state index in [1.807, 2.05) is 36.7 Å². The molecule has 4 aromatic heterocycles. The molecule has 0 radical (unpaired) electrons. The highest BCUT2D eigenvalue weighted by molar-refractivity contribution is 7.21. The summed E-state index contributed by atoms with van der Waals surface area (Å²) in [5.74, 6) is 1.06.